The highest BCUT2D eigenvalue weighted by molar-refractivity contribution is 7.99. The van der Waals surface area contributed by atoms with Crippen molar-refractivity contribution in [2.24, 2.45) is 5.84 Å². The van der Waals surface area contributed by atoms with Gasteiger partial charge in [-0.1, -0.05) is 35.9 Å². The quantitative estimate of drug-likeness (QED) is 0.499. The zero-order chi connectivity index (χ0) is 14.5. The average molecular weight is 315 g/mol. The number of benzene rings is 2. The van der Waals surface area contributed by atoms with Gasteiger partial charge in [-0.2, -0.15) is 0 Å². The molecule has 0 fully saturated rings. The summed E-state index contributed by atoms with van der Waals surface area (Å²) in [4.78, 5) is 0.867. The molecule has 106 valence electrons. The summed E-state index contributed by atoms with van der Waals surface area (Å²) in [5.74, 6) is 4.11. The van der Waals surface area contributed by atoms with Gasteiger partial charge in [0.05, 0.1) is 11.1 Å². The Labute approximate surface area is 125 Å². The van der Waals surface area contributed by atoms with Crippen LogP contribution in [0, 0.1) is 11.6 Å². The fraction of sp³-hybridized carbons (Fsp3) is 0.143. The molecule has 0 aromatic heterocycles. The van der Waals surface area contributed by atoms with Gasteiger partial charge in [0, 0.05) is 16.2 Å². The van der Waals surface area contributed by atoms with E-state index >= 15 is 0 Å². The molecule has 0 amide bonds. The highest BCUT2D eigenvalue weighted by Crippen LogP contribution is 2.30. The summed E-state index contributed by atoms with van der Waals surface area (Å²) in [6.07, 6.45) is 0. The Kier molecular flexibility index (Phi) is 5.37. The lowest BCUT2D eigenvalue weighted by molar-refractivity contribution is 0.478. The van der Waals surface area contributed by atoms with E-state index in [1.807, 2.05) is 18.2 Å². The molecule has 0 bridgehead atoms. The van der Waals surface area contributed by atoms with Gasteiger partial charge in [-0.3, -0.25) is 11.3 Å². The van der Waals surface area contributed by atoms with E-state index in [0.29, 0.717) is 10.8 Å². The van der Waals surface area contributed by atoms with Crippen LogP contribution >= 0.6 is 23.4 Å². The lowest BCUT2D eigenvalue weighted by atomic mass is 10.1. The molecule has 0 spiro atoms. The van der Waals surface area contributed by atoms with Crippen molar-refractivity contribution in [3.8, 4) is 0 Å². The van der Waals surface area contributed by atoms with Gasteiger partial charge in [-0.15, -0.1) is 11.8 Å². The third-order valence-electron chi connectivity index (χ3n) is 2.80. The van der Waals surface area contributed by atoms with E-state index in [4.69, 9.17) is 17.4 Å². The molecular weight excluding hydrogens is 302 g/mol. The fourth-order valence-electron chi connectivity index (χ4n) is 1.75. The van der Waals surface area contributed by atoms with Gasteiger partial charge in [0.15, 0.2) is 11.6 Å². The van der Waals surface area contributed by atoms with Gasteiger partial charge in [0.25, 0.3) is 0 Å². The normalized spacial score (nSPS) is 12.4. The Hall–Kier alpha value is -1.14. The van der Waals surface area contributed by atoms with Gasteiger partial charge in [-0.05, 0) is 18.2 Å². The lowest BCUT2D eigenvalue weighted by Gasteiger charge is -2.17. The maximum atomic E-state index is 13.7. The Morgan fingerprint density at radius 3 is 2.60 bits per heavy atom. The van der Waals surface area contributed by atoms with Crippen LogP contribution in [0.5, 0.6) is 0 Å². The first-order valence-electron chi connectivity index (χ1n) is 5.91. The summed E-state index contributed by atoms with van der Waals surface area (Å²) in [7, 11) is 0. The summed E-state index contributed by atoms with van der Waals surface area (Å²) in [6, 6.07) is 10.9. The highest BCUT2D eigenvalue weighted by atomic mass is 35.5. The molecule has 0 radical (unpaired) electrons. The number of rotatable bonds is 5. The zero-order valence-electron chi connectivity index (χ0n) is 10.4. The molecule has 2 aromatic carbocycles. The molecule has 2 rings (SSSR count). The molecule has 0 heterocycles. The third kappa shape index (κ3) is 3.49. The van der Waals surface area contributed by atoms with Crippen molar-refractivity contribution < 1.29 is 8.78 Å². The molecule has 2 nitrogen and oxygen atoms in total. The topological polar surface area (TPSA) is 38.0 Å². The van der Waals surface area contributed by atoms with Crippen molar-refractivity contribution in [3.63, 3.8) is 0 Å². The molecular formula is C14H13ClF2N2S. The van der Waals surface area contributed by atoms with Gasteiger partial charge in [0.1, 0.15) is 0 Å². The molecule has 0 aliphatic heterocycles. The van der Waals surface area contributed by atoms with Gasteiger partial charge in [-0.25, -0.2) is 8.78 Å². The molecule has 0 saturated heterocycles. The molecule has 3 N–H and O–H groups in total. The first-order valence-corrected chi connectivity index (χ1v) is 7.27. The number of hydrogen-bond acceptors (Lipinski definition) is 3. The third-order valence-corrected chi connectivity index (χ3v) is 4.41. The smallest absolute Gasteiger partial charge is 0.163 e. The van der Waals surface area contributed by atoms with Crippen LogP contribution in [-0.2, 0) is 0 Å². The molecule has 0 aliphatic carbocycles. The predicted molar refractivity (Wildman–Crippen MR) is 78.6 cm³/mol. The van der Waals surface area contributed by atoms with Crippen LogP contribution in [0.15, 0.2) is 47.4 Å². The minimum Gasteiger partial charge on any atom is -0.271 e. The van der Waals surface area contributed by atoms with E-state index in [9.17, 15) is 8.78 Å². The molecule has 1 unspecified atom stereocenters. The van der Waals surface area contributed by atoms with E-state index in [1.54, 1.807) is 6.07 Å². The largest absolute Gasteiger partial charge is 0.271 e. The average Bonchev–Trinajstić information content (AvgIpc) is 2.45. The van der Waals surface area contributed by atoms with Crippen LogP contribution < -0.4 is 11.3 Å². The van der Waals surface area contributed by atoms with E-state index in [1.165, 1.54) is 23.9 Å². The number of thioether (sulfide) groups is 1. The van der Waals surface area contributed by atoms with Crippen LogP contribution in [0.2, 0.25) is 5.02 Å². The van der Waals surface area contributed by atoms with Crippen molar-refractivity contribution in [1.82, 2.24) is 5.43 Å². The molecule has 0 saturated carbocycles. The Morgan fingerprint density at radius 2 is 1.90 bits per heavy atom. The van der Waals surface area contributed by atoms with Crippen LogP contribution in [0.4, 0.5) is 8.78 Å². The van der Waals surface area contributed by atoms with Gasteiger partial charge >= 0.3 is 0 Å². The maximum Gasteiger partial charge on any atom is 0.163 e. The van der Waals surface area contributed by atoms with Crippen molar-refractivity contribution in [2.45, 2.75) is 10.9 Å². The number of halogens is 3. The zero-order valence-corrected chi connectivity index (χ0v) is 12.0. The molecule has 0 aliphatic rings. The van der Waals surface area contributed by atoms with Crippen LogP contribution in [0.1, 0.15) is 11.6 Å². The number of hydrogen-bond donors (Lipinski definition) is 2. The van der Waals surface area contributed by atoms with Gasteiger partial charge < -0.3 is 0 Å². The first kappa shape index (κ1) is 15.3. The standard InChI is InChI=1S/C14H13ClF2N2S/c15-10-5-1-2-7-13(10)20-8-12(19-18)9-4-3-6-11(16)14(9)17/h1-7,12,19H,8,18H2. The molecule has 20 heavy (non-hydrogen) atoms. The minimum atomic E-state index is -0.884. The van der Waals surface area contributed by atoms with Crippen LogP contribution in [0.3, 0.4) is 0 Å². The maximum absolute atomic E-state index is 13.7. The Bertz CT molecular complexity index is 595. The van der Waals surface area contributed by atoms with E-state index in [-0.39, 0.29) is 5.56 Å². The predicted octanol–water partition coefficient (Wildman–Crippen LogP) is 3.91. The Balaban J connectivity index is 2.14. The van der Waals surface area contributed by atoms with Crippen molar-refractivity contribution in [2.75, 3.05) is 5.75 Å². The lowest BCUT2D eigenvalue weighted by Crippen LogP contribution is -2.30. The fourth-order valence-corrected chi connectivity index (χ4v) is 3.05. The second-order valence-corrected chi connectivity index (χ2v) is 5.57. The molecule has 6 heteroatoms. The summed E-state index contributed by atoms with van der Waals surface area (Å²) in [5.41, 5.74) is 2.71. The number of nitrogens with two attached hydrogens (primary N) is 1. The molecule has 2 aromatic rings. The van der Waals surface area contributed by atoms with E-state index < -0.39 is 17.7 Å². The van der Waals surface area contributed by atoms with Crippen LogP contribution in [-0.4, -0.2) is 5.75 Å². The van der Waals surface area contributed by atoms with Crippen molar-refractivity contribution in [1.29, 1.82) is 0 Å². The van der Waals surface area contributed by atoms with Crippen LogP contribution in [0.25, 0.3) is 0 Å². The highest BCUT2D eigenvalue weighted by Gasteiger charge is 2.17. The summed E-state index contributed by atoms with van der Waals surface area (Å²) >= 11 is 7.47. The Morgan fingerprint density at radius 1 is 1.15 bits per heavy atom. The van der Waals surface area contributed by atoms with E-state index in [2.05, 4.69) is 5.43 Å². The van der Waals surface area contributed by atoms with E-state index in [0.717, 1.165) is 11.0 Å². The number of nitrogens with one attached hydrogen (secondary N) is 1. The minimum absolute atomic E-state index is 0.201. The monoisotopic (exact) mass is 314 g/mol. The first-order chi connectivity index (χ1) is 9.63. The van der Waals surface area contributed by atoms with Crippen molar-refractivity contribution in [3.05, 3.63) is 64.7 Å². The van der Waals surface area contributed by atoms with Crippen molar-refractivity contribution >= 4 is 23.4 Å². The second kappa shape index (κ2) is 7.04. The van der Waals surface area contributed by atoms with Gasteiger partial charge in [0.2, 0.25) is 0 Å². The summed E-state index contributed by atoms with van der Waals surface area (Å²) in [6.45, 7) is 0. The second-order valence-electron chi connectivity index (χ2n) is 4.10. The summed E-state index contributed by atoms with van der Waals surface area (Å²) in [5, 5.41) is 0.619. The number of hydrazine groups is 1. The molecule has 1 atom stereocenters. The summed E-state index contributed by atoms with van der Waals surface area (Å²) < 4.78 is 27.0. The SMILES string of the molecule is NNC(CSc1ccccc1Cl)c1cccc(F)c1F.